The van der Waals surface area contributed by atoms with Crippen LogP contribution in [0.3, 0.4) is 0 Å². The Morgan fingerprint density at radius 2 is 1.65 bits per heavy atom. The standard InChI is InChI=1S/C24H24FN5O/c25-20-8-6-19(7-9-20)22-17-24-27-21(18-4-2-1-3-5-18)16-23(30(24)28-22)26-10-11-29-12-14-31-15-13-29/h1-9,16-17,26H,10-15H2. The van der Waals surface area contributed by atoms with E-state index in [9.17, 15) is 4.39 Å². The zero-order valence-corrected chi connectivity index (χ0v) is 17.2. The van der Waals surface area contributed by atoms with Crippen molar-refractivity contribution in [2.24, 2.45) is 0 Å². The first-order valence-corrected chi connectivity index (χ1v) is 10.5. The maximum Gasteiger partial charge on any atom is 0.158 e. The molecule has 0 radical (unpaired) electrons. The number of hydrogen-bond donors (Lipinski definition) is 1. The van der Waals surface area contributed by atoms with Gasteiger partial charge in [0.15, 0.2) is 5.65 Å². The van der Waals surface area contributed by atoms with E-state index < -0.39 is 0 Å². The average molecular weight is 417 g/mol. The van der Waals surface area contributed by atoms with Gasteiger partial charge < -0.3 is 10.1 Å². The van der Waals surface area contributed by atoms with Gasteiger partial charge in [-0.3, -0.25) is 4.90 Å². The minimum absolute atomic E-state index is 0.262. The Hall–Kier alpha value is -3.29. The van der Waals surface area contributed by atoms with E-state index in [0.29, 0.717) is 0 Å². The molecule has 1 fully saturated rings. The molecule has 2 aromatic heterocycles. The van der Waals surface area contributed by atoms with Crippen molar-refractivity contribution in [2.45, 2.75) is 0 Å². The van der Waals surface area contributed by atoms with Gasteiger partial charge in [-0.2, -0.15) is 9.61 Å². The molecule has 5 rings (SSSR count). The molecule has 1 aliphatic rings. The lowest BCUT2D eigenvalue weighted by atomic mass is 10.1. The van der Waals surface area contributed by atoms with Gasteiger partial charge in [0.1, 0.15) is 11.6 Å². The highest BCUT2D eigenvalue weighted by molar-refractivity contribution is 5.70. The van der Waals surface area contributed by atoms with Crippen LogP contribution in [-0.2, 0) is 4.74 Å². The predicted octanol–water partition coefficient (Wildman–Crippen LogP) is 3.95. The second-order valence-electron chi connectivity index (χ2n) is 7.58. The van der Waals surface area contributed by atoms with Crippen LogP contribution < -0.4 is 5.32 Å². The molecule has 7 heteroatoms. The molecular formula is C24H24FN5O. The molecule has 2 aromatic carbocycles. The Bertz CT molecular complexity index is 1150. The van der Waals surface area contributed by atoms with Crippen molar-refractivity contribution >= 4 is 11.5 Å². The summed E-state index contributed by atoms with van der Waals surface area (Å²) in [5, 5.41) is 8.29. The number of hydrogen-bond acceptors (Lipinski definition) is 5. The number of aromatic nitrogens is 3. The molecule has 0 unspecified atom stereocenters. The zero-order chi connectivity index (χ0) is 21.0. The molecule has 3 heterocycles. The van der Waals surface area contributed by atoms with Crippen molar-refractivity contribution in [3.63, 3.8) is 0 Å². The lowest BCUT2D eigenvalue weighted by molar-refractivity contribution is 0.0398. The van der Waals surface area contributed by atoms with E-state index in [2.05, 4.69) is 10.2 Å². The topological polar surface area (TPSA) is 54.7 Å². The van der Waals surface area contributed by atoms with Crippen molar-refractivity contribution in [1.82, 2.24) is 19.5 Å². The summed E-state index contributed by atoms with van der Waals surface area (Å²) in [6.45, 7) is 5.22. The van der Waals surface area contributed by atoms with Gasteiger partial charge in [0.05, 0.1) is 24.6 Å². The van der Waals surface area contributed by atoms with E-state index >= 15 is 0 Å². The van der Waals surface area contributed by atoms with Gasteiger partial charge in [0.25, 0.3) is 0 Å². The number of anilines is 1. The third-order valence-corrected chi connectivity index (χ3v) is 5.47. The van der Waals surface area contributed by atoms with Crippen LogP contribution in [0, 0.1) is 5.82 Å². The largest absolute Gasteiger partial charge is 0.379 e. The summed E-state index contributed by atoms with van der Waals surface area (Å²) in [6.07, 6.45) is 0. The molecule has 4 aromatic rings. The van der Waals surface area contributed by atoms with Gasteiger partial charge in [-0.05, 0) is 24.3 Å². The highest BCUT2D eigenvalue weighted by atomic mass is 19.1. The summed E-state index contributed by atoms with van der Waals surface area (Å²) in [5.74, 6) is 0.618. The van der Waals surface area contributed by atoms with Crippen LogP contribution in [0.4, 0.5) is 10.2 Å². The fourth-order valence-electron chi connectivity index (χ4n) is 3.79. The maximum atomic E-state index is 13.3. The number of benzene rings is 2. The first kappa shape index (κ1) is 19.7. The van der Waals surface area contributed by atoms with Crippen LogP contribution >= 0.6 is 0 Å². The van der Waals surface area contributed by atoms with Gasteiger partial charge >= 0.3 is 0 Å². The van der Waals surface area contributed by atoms with Gasteiger partial charge in [-0.15, -0.1) is 0 Å². The van der Waals surface area contributed by atoms with Crippen LogP contribution in [0.2, 0.25) is 0 Å². The van der Waals surface area contributed by atoms with Crippen molar-refractivity contribution < 1.29 is 9.13 Å². The molecule has 0 atom stereocenters. The van der Waals surface area contributed by atoms with Crippen molar-refractivity contribution in [3.05, 3.63) is 72.5 Å². The Morgan fingerprint density at radius 3 is 2.42 bits per heavy atom. The van der Waals surface area contributed by atoms with Crippen LogP contribution in [-0.4, -0.2) is 58.9 Å². The lowest BCUT2D eigenvalue weighted by Crippen LogP contribution is -2.39. The summed E-state index contributed by atoms with van der Waals surface area (Å²) in [4.78, 5) is 7.22. The van der Waals surface area contributed by atoms with Crippen LogP contribution in [0.1, 0.15) is 0 Å². The van der Waals surface area contributed by atoms with Crippen LogP contribution in [0.15, 0.2) is 66.7 Å². The monoisotopic (exact) mass is 417 g/mol. The summed E-state index contributed by atoms with van der Waals surface area (Å²) in [6, 6.07) is 20.4. The number of nitrogens with zero attached hydrogens (tertiary/aromatic N) is 4. The third kappa shape index (κ3) is 4.42. The summed E-state index contributed by atoms with van der Waals surface area (Å²) >= 11 is 0. The number of ether oxygens (including phenoxy) is 1. The molecular weight excluding hydrogens is 393 g/mol. The van der Waals surface area contributed by atoms with Gasteiger partial charge in [0.2, 0.25) is 0 Å². The number of halogens is 1. The Balaban J connectivity index is 1.48. The van der Waals surface area contributed by atoms with E-state index in [1.54, 1.807) is 12.1 Å². The van der Waals surface area contributed by atoms with E-state index in [0.717, 1.165) is 73.4 Å². The summed E-state index contributed by atoms with van der Waals surface area (Å²) < 4.78 is 20.6. The van der Waals surface area contributed by atoms with Crippen molar-refractivity contribution in [1.29, 1.82) is 0 Å². The Morgan fingerprint density at radius 1 is 0.903 bits per heavy atom. The normalized spacial score (nSPS) is 14.7. The minimum atomic E-state index is -0.262. The molecule has 158 valence electrons. The molecule has 31 heavy (non-hydrogen) atoms. The van der Waals surface area contributed by atoms with Crippen LogP contribution in [0.5, 0.6) is 0 Å². The maximum absolute atomic E-state index is 13.3. The number of rotatable bonds is 6. The van der Waals surface area contributed by atoms with Gasteiger partial charge in [-0.1, -0.05) is 30.3 Å². The number of nitrogens with one attached hydrogen (secondary N) is 1. The molecule has 1 N–H and O–H groups in total. The highest BCUT2D eigenvalue weighted by Gasteiger charge is 2.14. The average Bonchev–Trinajstić information content (AvgIpc) is 3.25. The zero-order valence-electron chi connectivity index (χ0n) is 17.2. The third-order valence-electron chi connectivity index (χ3n) is 5.47. The van der Waals surface area contributed by atoms with Crippen molar-refractivity contribution in [2.75, 3.05) is 44.7 Å². The quantitative estimate of drug-likeness (QED) is 0.515. The summed E-state index contributed by atoms with van der Waals surface area (Å²) in [5.41, 5.74) is 4.29. The molecule has 6 nitrogen and oxygen atoms in total. The Kier molecular flexibility index (Phi) is 5.60. The number of fused-ring (bicyclic) bond motifs is 1. The fraction of sp³-hybridized carbons (Fsp3) is 0.250. The van der Waals surface area contributed by atoms with E-state index in [1.165, 1.54) is 12.1 Å². The lowest BCUT2D eigenvalue weighted by Gasteiger charge is -2.26. The van der Waals surface area contributed by atoms with E-state index in [4.69, 9.17) is 14.8 Å². The Labute approximate surface area is 180 Å². The molecule has 0 saturated carbocycles. The van der Waals surface area contributed by atoms with Gasteiger partial charge in [0, 0.05) is 49.4 Å². The van der Waals surface area contributed by atoms with Crippen molar-refractivity contribution in [3.8, 4) is 22.5 Å². The summed E-state index contributed by atoms with van der Waals surface area (Å²) in [7, 11) is 0. The molecule has 0 spiro atoms. The van der Waals surface area contributed by atoms with Crippen LogP contribution in [0.25, 0.3) is 28.2 Å². The number of morpholine rings is 1. The first-order valence-electron chi connectivity index (χ1n) is 10.5. The smallest absolute Gasteiger partial charge is 0.158 e. The second-order valence-corrected chi connectivity index (χ2v) is 7.58. The second kappa shape index (κ2) is 8.83. The molecule has 1 saturated heterocycles. The fourth-order valence-corrected chi connectivity index (χ4v) is 3.79. The van der Waals surface area contributed by atoms with Gasteiger partial charge in [-0.25, -0.2) is 9.37 Å². The minimum Gasteiger partial charge on any atom is -0.379 e. The SMILES string of the molecule is Fc1ccc(-c2cc3nc(-c4ccccc4)cc(NCCN4CCOCC4)n3n2)cc1. The first-order chi connectivity index (χ1) is 15.3. The van der Waals surface area contributed by atoms with E-state index in [1.807, 2.05) is 47.0 Å². The predicted molar refractivity (Wildman–Crippen MR) is 120 cm³/mol. The molecule has 0 bridgehead atoms. The molecule has 1 aliphatic heterocycles. The molecule has 0 amide bonds. The molecule has 0 aliphatic carbocycles. The van der Waals surface area contributed by atoms with E-state index in [-0.39, 0.29) is 5.82 Å². The highest BCUT2D eigenvalue weighted by Crippen LogP contribution is 2.26.